The summed E-state index contributed by atoms with van der Waals surface area (Å²) < 4.78 is 6.31. The van der Waals surface area contributed by atoms with Gasteiger partial charge in [0.15, 0.2) is 0 Å². The van der Waals surface area contributed by atoms with Crippen LogP contribution in [0.15, 0.2) is 70.8 Å². The van der Waals surface area contributed by atoms with Gasteiger partial charge in [-0.15, -0.1) is 6.58 Å². The van der Waals surface area contributed by atoms with E-state index in [1.54, 1.807) is 42.3 Å². The third-order valence-corrected chi connectivity index (χ3v) is 5.66. The summed E-state index contributed by atoms with van der Waals surface area (Å²) in [5.74, 6) is -0.626. The normalized spacial score (nSPS) is 17.8. The summed E-state index contributed by atoms with van der Waals surface area (Å²) in [4.78, 5) is 25.7. The molecule has 2 aromatic rings. The number of ether oxygens (including phenoxy) is 1. The molecule has 0 radical (unpaired) electrons. The maximum atomic E-state index is 13.1. The first-order chi connectivity index (χ1) is 14.9. The molecule has 3 rings (SSSR count). The molecule has 0 bridgehead atoms. The van der Waals surface area contributed by atoms with Crippen molar-refractivity contribution in [2.24, 2.45) is 10.5 Å². The lowest BCUT2D eigenvalue weighted by Crippen LogP contribution is -2.44. The predicted molar refractivity (Wildman–Crippen MR) is 126 cm³/mol. The molecule has 0 aliphatic carbocycles. The van der Waals surface area contributed by atoms with E-state index in [0.29, 0.717) is 22.8 Å². The van der Waals surface area contributed by atoms with Crippen LogP contribution in [0.4, 0.5) is 5.69 Å². The summed E-state index contributed by atoms with van der Waals surface area (Å²) >= 11 is 9.40. The zero-order chi connectivity index (χ0) is 22.4. The van der Waals surface area contributed by atoms with E-state index in [2.05, 4.69) is 32.9 Å². The van der Waals surface area contributed by atoms with Gasteiger partial charge in [-0.2, -0.15) is 5.10 Å². The lowest BCUT2D eigenvalue weighted by Gasteiger charge is -2.27. The molecule has 0 saturated heterocycles. The van der Waals surface area contributed by atoms with Crippen molar-refractivity contribution < 1.29 is 14.3 Å². The molecule has 1 heterocycles. The predicted octanol–water partition coefficient (Wildman–Crippen LogP) is 4.89. The van der Waals surface area contributed by atoms with Crippen molar-refractivity contribution in [1.82, 2.24) is 5.01 Å². The van der Waals surface area contributed by atoms with Gasteiger partial charge in [0, 0.05) is 15.2 Å². The average molecular weight is 505 g/mol. The van der Waals surface area contributed by atoms with Gasteiger partial charge in [0.2, 0.25) is 5.91 Å². The van der Waals surface area contributed by atoms with Gasteiger partial charge in [0.25, 0.3) is 0 Å². The second-order valence-electron chi connectivity index (χ2n) is 7.13. The molecule has 1 N–H and O–H groups in total. The van der Waals surface area contributed by atoms with Gasteiger partial charge in [-0.25, -0.2) is 0 Å². The molecule has 0 fully saturated rings. The molecule has 1 aliphatic rings. The van der Waals surface area contributed by atoms with Crippen molar-refractivity contribution >= 4 is 50.8 Å². The Kier molecular flexibility index (Phi) is 7.51. The number of amides is 1. The molecule has 1 amide bonds. The van der Waals surface area contributed by atoms with Crippen LogP contribution in [0.3, 0.4) is 0 Å². The monoisotopic (exact) mass is 503 g/mol. The lowest BCUT2D eigenvalue weighted by atomic mass is 9.77. The van der Waals surface area contributed by atoms with Crippen LogP contribution in [0.1, 0.15) is 18.9 Å². The van der Waals surface area contributed by atoms with E-state index < -0.39 is 5.41 Å². The summed E-state index contributed by atoms with van der Waals surface area (Å²) in [6.45, 7) is 6.03. The van der Waals surface area contributed by atoms with Crippen LogP contribution in [0, 0.1) is 5.41 Å². The topological polar surface area (TPSA) is 71.0 Å². The molecule has 1 atom stereocenters. The quantitative estimate of drug-likeness (QED) is 0.411. The second-order valence-corrected chi connectivity index (χ2v) is 8.48. The van der Waals surface area contributed by atoms with Gasteiger partial charge in [0.1, 0.15) is 12.0 Å². The Morgan fingerprint density at radius 3 is 2.55 bits per heavy atom. The van der Waals surface area contributed by atoms with Crippen LogP contribution in [0.25, 0.3) is 0 Å². The molecule has 1 aliphatic heterocycles. The van der Waals surface area contributed by atoms with Crippen molar-refractivity contribution in [3.8, 4) is 0 Å². The number of hydrazone groups is 1. The van der Waals surface area contributed by atoms with Crippen LogP contribution in [-0.4, -0.2) is 42.3 Å². The number of carbonyl (C=O) groups is 2. The van der Waals surface area contributed by atoms with Crippen LogP contribution < -0.4 is 5.32 Å². The number of allylic oxidation sites excluding steroid dienone is 1. The molecule has 162 valence electrons. The van der Waals surface area contributed by atoms with Crippen LogP contribution in [0.5, 0.6) is 0 Å². The van der Waals surface area contributed by atoms with Gasteiger partial charge >= 0.3 is 5.97 Å². The van der Waals surface area contributed by atoms with E-state index >= 15 is 0 Å². The van der Waals surface area contributed by atoms with Crippen LogP contribution >= 0.6 is 27.5 Å². The smallest absolute Gasteiger partial charge is 0.320 e. The van der Waals surface area contributed by atoms with Gasteiger partial charge in [0.05, 0.1) is 18.9 Å². The molecule has 0 saturated carbocycles. The first-order valence-electron chi connectivity index (χ1n) is 9.81. The Morgan fingerprint density at radius 2 is 1.94 bits per heavy atom. The number of nitrogens with zero attached hydrogens (tertiary/aromatic N) is 2. The van der Waals surface area contributed by atoms with Gasteiger partial charge in [-0.1, -0.05) is 45.7 Å². The number of carbonyl (C=O) groups excluding carboxylic acids is 2. The fraction of sp³-hybridized carbons (Fsp3) is 0.261. The minimum Gasteiger partial charge on any atom is -0.465 e. The molecule has 8 heteroatoms. The standard InChI is InChI=1S/C23H23BrClN3O3/c1-3-13-23(22(30)31-4-2)15-28(27-21(23)16-5-9-18(25)10-6-16)14-20(29)26-19-11-7-17(24)8-12-19/h3,5-12H,1,4,13-15H2,2H3,(H,26,29). The van der Waals surface area contributed by atoms with Crippen molar-refractivity contribution in [2.75, 3.05) is 25.0 Å². The first kappa shape index (κ1) is 23.0. The minimum absolute atomic E-state index is 0.00848. The van der Waals surface area contributed by atoms with E-state index in [0.717, 1.165) is 10.0 Å². The lowest BCUT2D eigenvalue weighted by molar-refractivity contribution is -0.151. The van der Waals surface area contributed by atoms with Crippen LogP contribution in [0.2, 0.25) is 5.02 Å². The summed E-state index contributed by atoms with van der Waals surface area (Å²) in [5, 5.41) is 9.67. The molecule has 0 aromatic heterocycles. The number of nitrogens with one attached hydrogen (secondary N) is 1. The number of hydrogen-bond acceptors (Lipinski definition) is 5. The fourth-order valence-electron chi connectivity index (χ4n) is 3.51. The number of rotatable bonds is 8. The Labute approximate surface area is 195 Å². The molecule has 2 aromatic carbocycles. The summed E-state index contributed by atoms with van der Waals surface area (Å²) in [7, 11) is 0. The van der Waals surface area contributed by atoms with Crippen molar-refractivity contribution in [3.63, 3.8) is 0 Å². The maximum Gasteiger partial charge on any atom is 0.320 e. The number of esters is 1. The van der Waals surface area contributed by atoms with Crippen LogP contribution in [-0.2, 0) is 14.3 Å². The summed E-state index contributed by atoms with van der Waals surface area (Å²) in [6, 6.07) is 14.4. The van der Waals surface area contributed by atoms with Gasteiger partial charge in [-0.05, 0) is 55.3 Å². The Morgan fingerprint density at radius 1 is 1.26 bits per heavy atom. The van der Waals surface area contributed by atoms with E-state index in [1.807, 2.05) is 24.3 Å². The van der Waals surface area contributed by atoms with E-state index in [1.165, 1.54) is 0 Å². The maximum absolute atomic E-state index is 13.1. The SMILES string of the molecule is C=CCC1(C(=O)OCC)CN(CC(=O)Nc2ccc(Br)cc2)N=C1c1ccc(Cl)cc1. The Balaban J connectivity index is 1.88. The largest absolute Gasteiger partial charge is 0.465 e. The molecular weight excluding hydrogens is 482 g/mol. The average Bonchev–Trinajstić information content (AvgIpc) is 3.09. The summed E-state index contributed by atoms with van der Waals surface area (Å²) in [6.07, 6.45) is 2.01. The Bertz CT molecular complexity index is 992. The first-order valence-corrected chi connectivity index (χ1v) is 11.0. The highest BCUT2D eigenvalue weighted by Crippen LogP contribution is 2.37. The molecule has 6 nitrogen and oxygen atoms in total. The molecule has 1 unspecified atom stereocenters. The number of anilines is 1. The van der Waals surface area contributed by atoms with Gasteiger partial charge < -0.3 is 10.1 Å². The fourth-order valence-corrected chi connectivity index (χ4v) is 3.90. The second kappa shape index (κ2) is 10.1. The van der Waals surface area contributed by atoms with Crippen molar-refractivity contribution in [1.29, 1.82) is 0 Å². The zero-order valence-corrected chi connectivity index (χ0v) is 19.4. The number of hydrogen-bond donors (Lipinski definition) is 1. The van der Waals surface area contributed by atoms with E-state index in [-0.39, 0.29) is 31.6 Å². The van der Waals surface area contributed by atoms with Crippen molar-refractivity contribution in [2.45, 2.75) is 13.3 Å². The minimum atomic E-state index is -1.05. The third kappa shape index (κ3) is 5.35. The highest BCUT2D eigenvalue weighted by Gasteiger charge is 2.50. The van der Waals surface area contributed by atoms with E-state index in [9.17, 15) is 9.59 Å². The van der Waals surface area contributed by atoms with Crippen molar-refractivity contribution in [3.05, 3.63) is 76.2 Å². The highest BCUT2D eigenvalue weighted by atomic mass is 79.9. The Hall–Kier alpha value is -2.64. The third-order valence-electron chi connectivity index (χ3n) is 4.88. The highest BCUT2D eigenvalue weighted by molar-refractivity contribution is 9.10. The van der Waals surface area contributed by atoms with Gasteiger partial charge in [-0.3, -0.25) is 14.6 Å². The zero-order valence-electron chi connectivity index (χ0n) is 17.1. The number of benzene rings is 2. The number of halogens is 2. The van der Waals surface area contributed by atoms with E-state index in [4.69, 9.17) is 16.3 Å². The summed E-state index contributed by atoms with van der Waals surface area (Å²) in [5.41, 5.74) is 0.912. The molecular formula is C23H23BrClN3O3. The molecule has 0 spiro atoms. The molecule has 31 heavy (non-hydrogen) atoms.